The van der Waals surface area contributed by atoms with Crippen molar-refractivity contribution in [2.75, 3.05) is 11.9 Å². The van der Waals surface area contributed by atoms with Gasteiger partial charge in [0.15, 0.2) is 0 Å². The van der Waals surface area contributed by atoms with Gasteiger partial charge in [-0.15, -0.1) is 0 Å². The van der Waals surface area contributed by atoms with Crippen molar-refractivity contribution in [1.82, 2.24) is 14.8 Å². The molecule has 0 saturated carbocycles. The quantitative estimate of drug-likeness (QED) is 0.413. The maximum atomic E-state index is 12.8. The zero-order valence-corrected chi connectivity index (χ0v) is 18.5. The molecule has 4 amide bonds. The highest BCUT2D eigenvalue weighted by atomic mass is 16.3. The summed E-state index contributed by atoms with van der Waals surface area (Å²) in [6.45, 7) is 5.35. The van der Waals surface area contributed by atoms with Gasteiger partial charge in [0.1, 0.15) is 18.0 Å². The van der Waals surface area contributed by atoms with Crippen LogP contribution in [-0.2, 0) is 9.59 Å². The molecule has 1 saturated heterocycles. The first-order chi connectivity index (χ1) is 15.7. The summed E-state index contributed by atoms with van der Waals surface area (Å²) in [5, 5.41) is 14.8. The number of imide groups is 1. The second-order valence-electron chi connectivity index (χ2n) is 7.98. The normalized spacial score (nSPS) is 14.6. The van der Waals surface area contributed by atoms with Gasteiger partial charge in [-0.25, -0.2) is 9.69 Å². The molecule has 1 aromatic heterocycles. The molecule has 0 atom stereocenters. The molecule has 8 heteroatoms. The van der Waals surface area contributed by atoms with E-state index in [0.717, 1.165) is 33.1 Å². The van der Waals surface area contributed by atoms with Crippen LogP contribution in [0.25, 0.3) is 11.8 Å². The summed E-state index contributed by atoms with van der Waals surface area (Å²) >= 11 is 0. The molecular formula is C25H24N4O4. The van der Waals surface area contributed by atoms with Crippen LogP contribution in [-0.4, -0.2) is 39.0 Å². The van der Waals surface area contributed by atoms with Gasteiger partial charge in [-0.1, -0.05) is 12.1 Å². The van der Waals surface area contributed by atoms with E-state index in [1.54, 1.807) is 42.5 Å². The van der Waals surface area contributed by atoms with E-state index >= 15 is 0 Å². The molecule has 0 radical (unpaired) electrons. The van der Waals surface area contributed by atoms with Crippen LogP contribution < -0.4 is 10.6 Å². The predicted molar refractivity (Wildman–Crippen MR) is 125 cm³/mol. The predicted octanol–water partition coefficient (Wildman–Crippen LogP) is 3.64. The number of benzene rings is 2. The summed E-state index contributed by atoms with van der Waals surface area (Å²) in [5.41, 5.74) is 5.11. The summed E-state index contributed by atoms with van der Waals surface area (Å²) in [5.74, 6) is -0.848. The minimum atomic E-state index is -0.641. The number of amides is 4. The number of rotatable bonds is 5. The summed E-state index contributed by atoms with van der Waals surface area (Å²) in [6, 6.07) is 15.3. The number of hydrogen-bond donors (Lipinski definition) is 3. The molecule has 4 rings (SSSR count). The van der Waals surface area contributed by atoms with Gasteiger partial charge in [0.05, 0.1) is 0 Å². The highest BCUT2D eigenvalue weighted by Gasteiger charge is 2.35. The first-order valence-electron chi connectivity index (χ1n) is 10.4. The zero-order valence-electron chi connectivity index (χ0n) is 18.5. The third-order valence-corrected chi connectivity index (χ3v) is 5.44. The SMILES string of the molecule is Cc1cccc(NC(=O)CN2C(=O)N/C(=C\c3cc(C)n(-c4ccc(O)cc4)c3C)C2=O)c1. The van der Waals surface area contributed by atoms with E-state index in [0.29, 0.717) is 5.69 Å². The van der Waals surface area contributed by atoms with Crippen LogP contribution >= 0.6 is 0 Å². The number of aromatic hydroxyl groups is 1. The topological polar surface area (TPSA) is 104 Å². The molecule has 1 fully saturated rings. The number of hydrogen-bond acceptors (Lipinski definition) is 4. The number of aromatic nitrogens is 1. The second-order valence-corrected chi connectivity index (χ2v) is 7.98. The van der Waals surface area contributed by atoms with Gasteiger partial charge in [0, 0.05) is 22.8 Å². The number of phenolic OH excluding ortho intramolecular Hbond substituents is 1. The Kier molecular flexibility index (Phi) is 5.74. The maximum Gasteiger partial charge on any atom is 0.329 e. The number of anilines is 1. The number of urea groups is 1. The zero-order chi connectivity index (χ0) is 23.7. The second kappa shape index (κ2) is 8.66. The number of nitrogens with one attached hydrogen (secondary N) is 2. The third-order valence-electron chi connectivity index (χ3n) is 5.44. The van der Waals surface area contributed by atoms with Crippen molar-refractivity contribution in [2.24, 2.45) is 0 Å². The van der Waals surface area contributed by atoms with Gasteiger partial charge in [-0.2, -0.15) is 0 Å². The first kappa shape index (κ1) is 21.9. The molecule has 1 aliphatic rings. The van der Waals surface area contributed by atoms with Crippen molar-refractivity contribution in [3.8, 4) is 11.4 Å². The monoisotopic (exact) mass is 444 g/mol. The van der Waals surface area contributed by atoms with Crippen molar-refractivity contribution in [3.63, 3.8) is 0 Å². The van der Waals surface area contributed by atoms with Crippen molar-refractivity contribution < 1.29 is 19.5 Å². The average molecular weight is 444 g/mol. The molecule has 1 aliphatic heterocycles. The van der Waals surface area contributed by atoms with E-state index in [-0.39, 0.29) is 18.0 Å². The van der Waals surface area contributed by atoms with E-state index < -0.39 is 17.8 Å². The largest absolute Gasteiger partial charge is 0.508 e. The molecule has 3 aromatic rings. The summed E-state index contributed by atoms with van der Waals surface area (Å²) < 4.78 is 1.99. The van der Waals surface area contributed by atoms with E-state index in [1.807, 2.05) is 43.5 Å². The Balaban J connectivity index is 1.53. The molecule has 0 unspecified atom stereocenters. The Morgan fingerprint density at radius 3 is 2.48 bits per heavy atom. The molecule has 2 aromatic carbocycles. The van der Waals surface area contributed by atoms with Crippen LogP contribution in [0.4, 0.5) is 10.5 Å². The van der Waals surface area contributed by atoms with Crippen LogP contribution in [0.5, 0.6) is 5.75 Å². The molecule has 0 bridgehead atoms. The van der Waals surface area contributed by atoms with Crippen LogP contribution in [0.3, 0.4) is 0 Å². The summed E-state index contributed by atoms with van der Waals surface area (Å²) in [4.78, 5) is 38.5. The summed E-state index contributed by atoms with van der Waals surface area (Å²) in [7, 11) is 0. The molecular weight excluding hydrogens is 420 g/mol. The highest BCUT2D eigenvalue weighted by molar-refractivity contribution is 6.16. The van der Waals surface area contributed by atoms with Gasteiger partial charge in [0.2, 0.25) is 5.91 Å². The van der Waals surface area contributed by atoms with Crippen molar-refractivity contribution in [1.29, 1.82) is 0 Å². The van der Waals surface area contributed by atoms with Crippen LogP contribution in [0.2, 0.25) is 0 Å². The third kappa shape index (κ3) is 4.50. The first-order valence-corrected chi connectivity index (χ1v) is 10.4. The molecule has 33 heavy (non-hydrogen) atoms. The summed E-state index contributed by atoms with van der Waals surface area (Å²) in [6.07, 6.45) is 1.61. The lowest BCUT2D eigenvalue weighted by Gasteiger charge is -2.12. The van der Waals surface area contributed by atoms with E-state index in [9.17, 15) is 19.5 Å². The Bertz CT molecular complexity index is 1290. The number of aryl methyl sites for hydroxylation is 2. The fourth-order valence-corrected chi connectivity index (χ4v) is 3.87. The van der Waals surface area contributed by atoms with Crippen LogP contribution in [0, 0.1) is 20.8 Å². The Labute approximate surface area is 191 Å². The molecule has 2 heterocycles. The highest BCUT2D eigenvalue weighted by Crippen LogP contribution is 2.25. The van der Waals surface area contributed by atoms with Gasteiger partial charge in [-0.05, 0) is 80.4 Å². The van der Waals surface area contributed by atoms with Crippen molar-refractivity contribution in [3.05, 3.63) is 82.8 Å². The van der Waals surface area contributed by atoms with E-state index in [1.165, 1.54) is 0 Å². The van der Waals surface area contributed by atoms with Crippen molar-refractivity contribution >= 4 is 29.6 Å². The Hall–Kier alpha value is -4.33. The van der Waals surface area contributed by atoms with Crippen LogP contribution in [0.1, 0.15) is 22.5 Å². The van der Waals surface area contributed by atoms with Gasteiger partial charge in [-0.3, -0.25) is 9.59 Å². The lowest BCUT2D eigenvalue weighted by molar-refractivity contribution is -0.127. The minimum Gasteiger partial charge on any atom is -0.508 e. The fraction of sp³-hybridized carbons (Fsp3) is 0.160. The van der Waals surface area contributed by atoms with Crippen LogP contribution in [0.15, 0.2) is 60.3 Å². The van der Waals surface area contributed by atoms with Gasteiger partial charge in [0.25, 0.3) is 5.91 Å². The standard InChI is InChI=1S/C25H24N4O4/c1-15-5-4-6-19(11-15)26-23(31)14-28-24(32)22(27-25(28)33)13-18-12-16(2)29(17(18)3)20-7-9-21(30)10-8-20/h4-13,30H,14H2,1-3H3,(H,26,31)(H,27,33)/b22-13-. The van der Waals surface area contributed by atoms with Gasteiger partial charge < -0.3 is 20.3 Å². The Morgan fingerprint density at radius 2 is 1.79 bits per heavy atom. The van der Waals surface area contributed by atoms with Gasteiger partial charge >= 0.3 is 6.03 Å². The van der Waals surface area contributed by atoms with Crippen molar-refractivity contribution in [2.45, 2.75) is 20.8 Å². The maximum absolute atomic E-state index is 12.8. The number of nitrogens with zero attached hydrogens (tertiary/aromatic N) is 2. The number of carbonyl (C=O) groups is 3. The lowest BCUT2D eigenvalue weighted by atomic mass is 10.2. The molecule has 0 spiro atoms. The number of phenols is 1. The Morgan fingerprint density at radius 1 is 1.06 bits per heavy atom. The molecule has 0 aliphatic carbocycles. The lowest BCUT2D eigenvalue weighted by Crippen LogP contribution is -2.38. The molecule has 3 N–H and O–H groups in total. The molecule has 168 valence electrons. The van der Waals surface area contributed by atoms with E-state index in [4.69, 9.17) is 0 Å². The minimum absolute atomic E-state index is 0.106. The smallest absolute Gasteiger partial charge is 0.329 e. The number of carbonyl (C=O) groups excluding carboxylic acids is 3. The average Bonchev–Trinajstić information content (AvgIpc) is 3.18. The molecule has 8 nitrogen and oxygen atoms in total. The fourth-order valence-electron chi connectivity index (χ4n) is 3.87. The van der Waals surface area contributed by atoms with E-state index in [2.05, 4.69) is 10.6 Å².